The van der Waals surface area contributed by atoms with Crippen molar-refractivity contribution in [2.24, 2.45) is 5.10 Å². The zero-order valence-electron chi connectivity index (χ0n) is 18.2. The van der Waals surface area contributed by atoms with E-state index in [9.17, 15) is 14.4 Å². The van der Waals surface area contributed by atoms with Crippen molar-refractivity contribution in [2.45, 2.75) is 26.3 Å². The molecule has 1 saturated heterocycles. The number of hydrazone groups is 1. The number of hydrogen-bond acceptors (Lipinski definition) is 8. The monoisotopic (exact) mass is 438 g/mol. The topological polar surface area (TPSA) is 111 Å². The fourth-order valence-corrected chi connectivity index (χ4v) is 3.88. The molecule has 1 aromatic heterocycles. The van der Waals surface area contributed by atoms with Crippen LogP contribution in [0.3, 0.4) is 0 Å². The van der Waals surface area contributed by atoms with Crippen LogP contribution in [0.5, 0.6) is 0 Å². The molecule has 2 aliphatic rings. The summed E-state index contributed by atoms with van der Waals surface area (Å²) in [4.78, 5) is 41.1. The van der Waals surface area contributed by atoms with Crippen LogP contribution >= 0.6 is 0 Å². The summed E-state index contributed by atoms with van der Waals surface area (Å²) in [6.07, 6.45) is 0.294. The summed E-state index contributed by atoms with van der Waals surface area (Å²) in [5.74, 6) is 0.653. The van der Waals surface area contributed by atoms with Crippen molar-refractivity contribution in [3.63, 3.8) is 0 Å². The average Bonchev–Trinajstić information content (AvgIpc) is 3.41. The Morgan fingerprint density at radius 2 is 1.84 bits per heavy atom. The molecule has 0 bridgehead atoms. The van der Waals surface area contributed by atoms with Crippen LogP contribution in [0.2, 0.25) is 0 Å². The Labute approximate surface area is 185 Å². The molecule has 3 heterocycles. The van der Waals surface area contributed by atoms with Crippen LogP contribution in [0.4, 0.5) is 11.5 Å². The highest BCUT2D eigenvalue weighted by Crippen LogP contribution is 2.25. The van der Waals surface area contributed by atoms with E-state index in [2.05, 4.69) is 15.6 Å². The largest absolute Gasteiger partial charge is 0.360 e. The molecule has 1 aromatic carbocycles. The number of nitrogens with zero attached hydrogens (tertiary/aromatic N) is 5. The maximum Gasteiger partial charge on any atom is 0.270 e. The number of anilines is 2. The number of nitrogens with one attached hydrogen (secondary N) is 1. The van der Waals surface area contributed by atoms with Crippen molar-refractivity contribution >= 4 is 34.8 Å². The molecule has 10 nitrogen and oxygen atoms in total. The minimum absolute atomic E-state index is 0.0291. The Balaban J connectivity index is 1.33. The van der Waals surface area contributed by atoms with Gasteiger partial charge in [0.1, 0.15) is 17.5 Å². The molecule has 4 rings (SSSR count). The van der Waals surface area contributed by atoms with Gasteiger partial charge in [0.05, 0.1) is 12.2 Å². The Hall–Kier alpha value is -3.53. The molecule has 0 radical (unpaired) electrons. The van der Waals surface area contributed by atoms with Crippen LogP contribution in [0.25, 0.3) is 0 Å². The number of rotatable bonds is 6. The van der Waals surface area contributed by atoms with Gasteiger partial charge in [0, 0.05) is 38.7 Å². The van der Waals surface area contributed by atoms with E-state index in [0.29, 0.717) is 49.9 Å². The smallest absolute Gasteiger partial charge is 0.270 e. The van der Waals surface area contributed by atoms with Gasteiger partial charge in [-0.25, -0.2) is 0 Å². The van der Waals surface area contributed by atoms with Crippen LogP contribution in [0, 0.1) is 6.92 Å². The molecule has 10 heteroatoms. The predicted molar refractivity (Wildman–Crippen MR) is 118 cm³/mol. The number of aromatic nitrogens is 1. The number of aryl methyl sites for hydroxylation is 1. The van der Waals surface area contributed by atoms with Crippen molar-refractivity contribution in [1.29, 1.82) is 0 Å². The van der Waals surface area contributed by atoms with Gasteiger partial charge in [0.25, 0.3) is 5.91 Å². The molecule has 0 saturated carbocycles. The first-order valence-electron chi connectivity index (χ1n) is 10.6. The molecule has 0 aliphatic carbocycles. The van der Waals surface area contributed by atoms with Crippen molar-refractivity contribution in [1.82, 2.24) is 15.0 Å². The van der Waals surface area contributed by atoms with Crippen molar-refractivity contribution in [2.75, 3.05) is 43.0 Å². The predicted octanol–water partition coefficient (Wildman–Crippen LogP) is 1.29. The molecule has 32 heavy (non-hydrogen) atoms. The maximum atomic E-state index is 13.1. The van der Waals surface area contributed by atoms with Crippen molar-refractivity contribution < 1.29 is 18.9 Å². The van der Waals surface area contributed by atoms with E-state index in [1.807, 2.05) is 35.2 Å². The Morgan fingerprint density at radius 1 is 1.12 bits per heavy atom. The summed E-state index contributed by atoms with van der Waals surface area (Å²) in [6.45, 7) is 5.61. The Morgan fingerprint density at radius 3 is 2.47 bits per heavy atom. The van der Waals surface area contributed by atoms with Gasteiger partial charge in [-0.15, -0.1) is 0 Å². The van der Waals surface area contributed by atoms with Gasteiger partial charge >= 0.3 is 0 Å². The second-order valence-electron chi connectivity index (χ2n) is 8.00. The average molecular weight is 438 g/mol. The first-order valence-corrected chi connectivity index (χ1v) is 10.6. The number of Topliss-reactive ketones (excluding diaryl/α,β-unsaturated/α-hetero) is 1. The van der Waals surface area contributed by atoms with Gasteiger partial charge in [-0.05, 0) is 26.0 Å². The van der Waals surface area contributed by atoms with Crippen LogP contribution in [-0.2, 0) is 14.4 Å². The SMILES string of the molecule is CC(=O)[C@H]1CC(C(=O)N2CCN(CC(=O)Nc3cc(C)on3)CC2)=NN1c1ccccc1. The number of para-hydroxylation sites is 1. The van der Waals surface area contributed by atoms with Crippen molar-refractivity contribution in [3.8, 4) is 0 Å². The van der Waals surface area contributed by atoms with E-state index in [1.54, 1.807) is 22.9 Å². The first kappa shape index (κ1) is 21.7. The lowest BCUT2D eigenvalue weighted by Crippen LogP contribution is -2.52. The summed E-state index contributed by atoms with van der Waals surface area (Å²) in [7, 11) is 0. The maximum absolute atomic E-state index is 13.1. The number of carbonyl (C=O) groups is 3. The number of piperazine rings is 1. The molecule has 1 atom stereocenters. The number of benzene rings is 1. The minimum atomic E-state index is -0.471. The fraction of sp³-hybridized carbons (Fsp3) is 0.409. The molecule has 168 valence electrons. The molecule has 2 aromatic rings. The third kappa shape index (κ3) is 4.86. The van der Waals surface area contributed by atoms with Gasteiger partial charge in [-0.2, -0.15) is 5.10 Å². The second-order valence-corrected chi connectivity index (χ2v) is 8.00. The van der Waals surface area contributed by atoms with Crippen LogP contribution < -0.4 is 10.3 Å². The highest BCUT2D eigenvalue weighted by atomic mass is 16.5. The zero-order valence-corrected chi connectivity index (χ0v) is 18.2. The van der Waals surface area contributed by atoms with E-state index in [0.717, 1.165) is 5.69 Å². The minimum Gasteiger partial charge on any atom is -0.360 e. The first-order chi connectivity index (χ1) is 15.4. The van der Waals surface area contributed by atoms with E-state index < -0.39 is 6.04 Å². The molecule has 2 amide bonds. The molecule has 0 unspecified atom stereocenters. The molecule has 1 fully saturated rings. The summed E-state index contributed by atoms with van der Waals surface area (Å²) < 4.78 is 4.94. The van der Waals surface area contributed by atoms with Crippen molar-refractivity contribution in [3.05, 3.63) is 42.2 Å². The van der Waals surface area contributed by atoms with E-state index in [1.165, 1.54) is 6.92 Å². The number of carbonyl (C=O) groups excluding carboxylic acids is 3. The summed E-state index contributed by atoms with van der Waals surface area (Å²) in [5.41, 5.74) is 1.18. The van der Waals surface area contributed by atoms with Crippen LogP contribution in [0.1, 0.15) is 19.1 Å². The number of amides is 2. The lowest BCUT2D eigenvalue weighted by molar-refractivity contribution is -0.126. The molecule has 2 aliphatic heterocycles. The van der Waals surface area contributed by atoms with Gasteiger partial charge < -0.3 is 14.7 Å². The summed E-state index contributed by atoms with van der Waals surface area (Å²) >= 11 is 0. The molecule has 1 N–H and O–H groups in total. The highest BCUT2D eigenvalue weighted by molar-refractivity contribution is 6.40. The van der Waals surface area contributed by atoms with Crippen LogP contribution in [0.15, 0.2) is 46.0 Å². The molecular weight excluding hydrogens is 412 g/mol. The third-order valence-corrected chi connectivity index (χ3v) is 5.57. The van der Waals surface area contributed by atoms with Gasteiger partial charge in [-0.3, -0.25) is 24.3 Å². The number of ketones is 1. The fourth-order valence-electron chi connectivity index (χ4n) is 3.88. The van der Waals surface area contributed by atoms with Gasteiger partial charge in [-0.1, -0.05) is 23.4 Å². The third-order valence-electron chi connectivity index (χ3n) is 5.57. The van der Waals surface area contributed by atoms with Gasteiger partial charge in [0.2, 0.25) is 5.91 Å². The lowest BCUT2D eigenvalue weighted by Gasteiger charge is -2.34. The highest BCUT2D eigenvalue weighted by Gasteiger charge is 2.36. The lowest BCUT2D eigenvalue weighted by atomic mass is 10.1. The molecule has 0 spiro atoms. The van der Waals surface area contributed by atoms with Crippen LogP contribution in [-0.4, -0.2) is 77.0 Å². The van der Waals surface area contributed by atoms with Gasteiger partial charge in [0.15, 0.2) is 11.6 Å². The van der Waals surface area contributed by atoms with E-state index >= 15 is 0 Å². The summed E-state index contributed by atoms with van der Waals surface area (Å²) in [6, 6.07) is 10.6. The normalized spacial score (nSPS) is 19.1. The van der Waals surface area contributed by atoms with E-state index in [-0.39, 0.29) is 24.1 Å². The quantitative estimate of drug-likeness (QED) is 0.723. The number of hydrogen-bond donors (Lipinski definition) is 1. The summed E-state index contributed by atoms with van der Waals surface area (Å²) in [5, 5.41) is 12.6. The molecular formula is C22H26N6O4. The second kappa shape index (κ2) is 9.31. The Bertz CT molecular complexity index is 1030. The standard InChI is InChI=1S/C22H26N6O4/c1-15-12-20(25-32-15)23-21(30)14-26-8-10-27(11-9-26)22(31)18-13-19(16(2)29)28(24-18)17-6-4-3-5-7-17/h3-7,12,19H,8-11,13-14H2,1-2H3,(H,23,25,30)/t19-/m1/s1. The zero-order chi connectivity index (χ0) is 22.7. The van der Waals surface area contributed by atoms with E-state index in [4.69, 9.17) is 4.52 Å². The Kier molecular flexibility index (Phi) is 6.31.